The number of nitrogens with zero attached hydrogens (tertiary/aromatic N) is 2. The lowest BCUT2D eigenvalue weighted by Gasteiger charge is -2.21. The van der Waals surface area contributed by atoms with Crippen molar-refractivity contribution >= 4 is 39.8 Å². The van der Waals surface area contributed by atoms with Crippen LogP contribution in [0.5, 0.6) is 5.75 Å². The van der Waals surface area contributed by atoms with Crippen LogP contribution in [0.4, 0.5) is 5.95 Å². The van der Waals surface area contributed by atoms with E-state index in [0.29, 0.717) is 106 Å². The monoisotopic (exact) mass is 857 g/mol. The Morgan fingerprint density at radius 1 is 0.950 bits per heavy atom. The van der Waals surface area contributed by atoms with Gasteiger partial charge in [0.15, 0.2) is 11.4 Å². The summed E-state index contributed by atoms with van der Waals surface area (Å²) in [6.07, 6.45) is 11.1. The van der Waals surface area contributed by atoms with Gasteiger partial charge in [-0.15, -0.1) is 0 Å². The van der Waals surface area contributed by atoms with Crippen LogP contribution in [0.3, 0.4) is 0 Å². The van der Waals surface area contributed by atoms with Crippen molar-refractivity contribution in [1.29, 1.82) is 0 Å². The van der Waals surface area contributed by atoms with Crippen molar-refractivity contribution in [3.63, 3.8) is 0 Å². The number of carboxylic acids is 1. The molecule has 2 aromatic heterocycles. The Labute approximate surface area is 350 Å². The van der Waals surface area contributed by atoms with Gasteiger partial charge in [0.25, 0.3) is 5.91 Å². The smallest absolute Gasteiger partial charge is 0.323 e. The highest BCUT2D eigenvalue weighted by atomic mass is 32.2. The number of anilines is 1. The molecule has 0 fully saturated rings. The van der Waals surface area contributed by atoms with Gasteiger partial charge >= 0.3 is 5.97 Å². The molecule has 1 aliphatic rings. The van der Waals surface area contributed by atoms with Gasteiger partial charge in [0, 0.05) is 76.2 Å². The molecule has 1 atom stereocenters. The second-order valence-corrected chi connectivity index (χ2v) is 16.0. The maximum atomic E-state index is 13.5. The molecule has 0 bridgehead atoms. The minimum atomic E-state index is -4.40. The van der Waals surface area contributed by atoms with Crippen LogP contribution in [0.25, 0.3) is 6.08 Å². The number of H-pyrrole nitrogens is 1. The van der Waals surface area contributed by atoms with Gasteiger partial charge in [0.05, 0.1) is 37.9 Å². The van der Waals surface area contributed by atoms with Gasteiger partial charge in [-0.1, -0.05) is 13.3 Å². The molecule has 1 aromatic carbocycles. The number of unbranched alkanes of at least 4 members (excludes halogenated alkanes) is 1. The summed E-state index contributed by atoms with van der Waals surface area (Å²) in [5, 5.41) is 18.4. The molecule has 2 amide bonds. The van der Waals surface area contributed by atoms with Crippen molar-refractivity contribution < 1.29 is 46.9 Å². The van der Waals surface area contributed by atoms with E-state index in [1.807, 2.05) is 6.08 Å². The van der Waals surface area contributed by atoms with Gasteiger partial charge < -0.3 is 49.6 Å². The number of carbonyl (C=O) groups excluding carboxylic acids is 2. The van der Waals surface area contributed by atoms with Crippen molar-refractivity contribution in [3.8, 4) is 5.75 Å². The van der Waals surface area contributed by atoms with Gasteiger partial charge in [-0.25, -0.2) is 13.4 Å². The summed E-state index contributed by atoms with van der Waals surface area (Å²) in [5.74, 6) is -1.46. The lowest BCUT2D eigenvalue weighted by molar-refractivity contribution is -0.138. The maximum absolute atomic E-state index is 13.5. The molecule has 19 heteroatoms. The number of hydrogen-bond acceptors (Lipinski definition) is 12. The standard InChI is InChI=1S/C41H59N7O11S/c1-5-6-15-56-18-20-58-21-19-57-16-8-12-42-36(49)9-7-17-59-31-22-28(2)38(29(3)23-31)60(54,55)47-34(40(52)53)26-45-39(51)33-27-48(4)35-24-30(10-11-32(35)37(33)50)25-46-41-43-13-14-44-41/h13-14,22-24,27,34,47H,5-12,15-21,25-26H2,1-4H3,(H,42,49)(H,45,51)(H,52,53)(H2,43,44,46). The molecule has 0 saturated heterocycles. The number of pyridine rings is 1. The summed E-state index contributed by atoms with van der Waals surface area (Å²) in [6.45, 7) is 9.12. The van der Waals surface area contributed by atoms with Crippen LogP contribution < -0.4 is 30.8 Å². The number of amides is 2. The molecule has 0 saturated carbocycles. The van der Waals surface area contributed by atoms with Crippen molar-refractivity contribution in [2.24, 2.45) is 7.05 Å². The maximum Gasteiger partial charge on any atom is 0.323 e. The van der Waals surface area contributed by atoms with Crippen LogP contribution >= 0.6 is 0 Å². The molecule has 0 radical (unpaired) electrons. The number of aliphatic carboxylic acids is 1. The normalized spacial score (nSPS) is 13.0. The van der Waals surface area contributed by atoms with E-state index in [9.17, 15) is 32.7 Å². The molecule has 18 nitrogen and oxygen atoms in total. The lowest BCUT2D eigenvalue weighted by Crippen LogP contribution is -2.49. The van der Waals surface area contributed by atoms with Crippen LogP contribution in [0, 0.1) is 13.8 Å². The fraction of sp³-hybridized carbons (Fsp3) is 0.537. The van der Waals surface area contributed by atoms with Gasteiger partial charge in [-0.3, -0.25) is 19.2 Å². The number of aromatic nitrogens is 3. The van der Waals surface area contributed by atoms with E-state index in [1.54, 1.807) is 37.9 Å². The average Bonchev–Trinajstić information content (AvgIpc) is 3.74. The number of aryl methyl sites for hydroxylation is 3. The summed E-state index contributed by atoms with van der Waals surface area (Å²) in [5.41, 5.74) is 2.10. The fourth-order valence-electron chi connectivity index (χ4n) is 6.49. The van der Waals surface area contributed by atoms with E-state index < -0.39 is 39.9 Å². The van der Waals surface area contributed by atoms with Gasteiger partial charge in [-0.2, -0.15) is 4.72 Å². The minimum Gasteiger partial charge on any atom is -0.494 e. The third-order valence-corrected chi connectivity index (χ3v) is 11.3. The van der Waals surface area contributed by atoms with E-state index in [2.05, 4.69) is 37.6 Å². The second-order valence-electron chi connectivity index (χ2n) is 14.4. The number of hydrogen-bond donors (Lipinski definition) is 6. The fourth-order valence-corrected chi connectivity index (χ4v) is 8.13. The quantitative estimate of drug-likeness (QED) is 0.0577. The Morgan fingerprint density at radius 2 is 1.63 bits per heavy atom. The summed E-state index contributed by atoms with van der Waals surface area (Å²) in [6, 6.07) is 1.29. The lowest BCUT2D eigenvalue weighted by atomic mass is 9.93. The number of nitrogens with one attached hydrogen (secondary N) is 5. The minimum absolute atomic E-state index is 0.124. The Kier molecular flexibility index (Phi) is 19.2. The number of aromatic amines is 1. The first-order valence-electron chi connectivity index (χ1n) is 20.2. The van der Waals surface area contributed by atoms with Crippen LogP contribution in [-0.2, 0) is 47.3 Å². The van der Waals surface area contributed by atoms with E-state index in [1.165, 1.54) is 18.3 Å². The van der Waals surface area contributed by atoms with Crippen molar-refractivity contribution in [3.05, 3.63) is 74.5 Å². The van der Waals surface area contributed by atoms with Crippen LogP contribution in [0.15, 0.2) is 46.0 Å². The highest BCUT2D eigenvalue weighted by molar-refractivity contribution is 7.89. The molecular formula is C41H59N7O11S. The van der Waals surface area contributed by atoms with Crippen molar-refractivity contribution in [2.75, 3.05) is 71.2 Å². The first-order valence-corrected chi connectivity index (χ1v) is 21.7. The van der Waals surface area contributed by atoms with Crippen molar-refractivity contribution in [1.82, 2.24) is 29.9 Å². The SMILES string of the molecule is CCCCOCCOCCOCCCNC(=O)CCCOc1cc(C)c(S(=O)(=O)NC(CNC(=O)c2cn(C)c3c(c2=O)CCC(CNc2ncc[nH]2)=C3)C(=O)O)c(C)c1. The molecule has 0 aliphatic heterocycles. The number of carbonyl (C=O) groups is 3. The van der Waals surface area contributed by atoms with Crippen molar-refractivity contribution in [2.45, 2.75) is 76.7 Å². The Balaban J connectivity index is 1.20. The van der Waals surface area contributed by atoms with Gasteiger partial charge in [0.1, 0.15) is 17.4 Å². The van der Waals surface area contributed by atoms with E-state index >= 15 is 0 Å². The van der Waals surface area contributed by atoms with E-state index in [4.69, 9.17) is 18.9 Å². The predicted molar refractivity (Wildman–Crippen MR) is 225 cm³/mol. The number of rotatable bonds is 28. The number of sulfonamides is 1. The van der Waals surface area contributed by atoms with E-state index in [0.717, 1.165) is 25.0 Å². The zero-order chi connectivity index (χ0) is 43.5. The van der Waals surface area contributed by atoms with Gasteiger partial charge in [-0.05, 0) is 80.9 Å². The zero-order valence-corrected chi connectivity index (χ0v) is 35.7. The first kappa shape index (κ1) is 47.6. The molecule has 330 valence electrons. The number of ether oxygens (including phenoxy) is 4. The predicted octanol–water partition coefficient (Wildman–Crippen LogP) is 2.84. The average molecular weight is 858 g/mol. The number of carboxylic acid groups (broad SMARTS) is 1. The zero-order valence-electron chi connectivity index (χ0n) is 34.9. The molecule has 3 aromatic rings. The number of fused-ring (bicyclic) bond motifs is 1. The molecule has 6 N–H and O–H groups in total. The summed E-state index contributed by atoms with van der Waals surface area (Å²) in [7, 11) is -2.70. The van der Waals surface area contributed by atoms with Crippen LogP contribution in [0.2, 0.25) is 0 Å². The molecule has 1 aliphatic carbocycles. The molecule has 60 heavy (non-hydrogen) atoms. The Morgan fingerprint density at radius 3 is 2.28 bits per heavy atom. The molecule has 4 rings (SSSR count). The largest absolute Gasteiger partial charge is 0.494 e. The third-order valence-electron chi connectivity index (χ3n) is 9.55. The summed E-state index contributed by atoms with van der Waals surface area (Å²) in [4.78, 5) is 58.0. The van der Waals surface area contributed by atoms with Crippen LogP contribution in [-0.4, -0.2) is 118 Å². The first-order chi connectivity index (χ1) is 28.8. The Hall–Kier alpha value is -5.08. The summed E-state index contributed by atoms with van der Waals surface area (Å²) >= 11 is 0. The topological polar surface area (TPSA) is 241 Å². The Bertz CT molecular complexity index is 2060. The highest BCUT2D eigenvalue weighted by Crippen LogP contribution is 2.26. The molecule has 0 spiro atoms. The molecule has 2 heterocycles. The van der Waals surface area contributed by atoms with E-state index in [-0.39, 0.29) is 29.4 Å². The summed E-state index contributed by atoms with van der Waals surface area (Å²) < 4.78 is 53.1. The second kappa shape index (κ2) is 24.2. The molecular weight excluding hydrogens is 799 g/mol. The number of benzene rings is 1. The third kappa shape index (κ3) is 14.9. The number of imidazole rings is 1. The molecule has 1 unspecified atom stereocenters. The van der Waals surface area contributed by atoms with Gasteiger partial charge in [0.2, 0.25) is 15.9 Å². The highest BCUT2D eigenvalue weighted by Gasteiger charge is 2.29. The van der Waals surface area contributed by atoms with Crippen LogP contribution in [0.1, 0.15) is 78.2 Å².